The molecule has 2 aromatic carbocycles. The summed E-state index contributed by atoms with van der Waals surface area (Å²) in [4.78, 5) is 9.08. The minimum absolute atomic E-state index is 0.0684. The largest absolute Gasteiger partial charge is 0.506 e. The van der Waals surface area contributed by atoms with E-state index in [4.69, 9.17) is 9.11 Å². The molecule has 0 amide bonds. The molecule has 0 aromatic heterocycles. The van der Waals surface area contributed by atoms with E-state index in [0.717, 1.165) is 6.07 Å². The van der Waals surface area contributed by atoms with Gasteiger partial charge in [-0.3, -0.25) is 13.9 Å². The number of aldehydes is 1. The molecule has 2 rings (SSSR count). The number of benzene rings is 2. The Labute approximate surface area is 123 Å². The summed E-state index contributed by atoms with van der Waals surface area (Å²) in [5, 5.41) is 18.9. The zero-order valence-electron chi connectivity index (χ0n) is 10.5. The van der Waals surface area contributed by atoms with Crippen molar-refractivity contribution in [2.75, 3.05) is 0 Å². The molecule has 0 atom stereocenters. The van der Waals surface area contributed by atoms with Crippen LogP contribution in [0, 0.1) is 0 Å². The van der Waals surface area contributed by atoms with Crippen LogP contribution in [0.3, 0.4) is 0 Å². The van der Waals surface area contributed by atoms with Gasteiger partial charge in [-0.2, -0.15) is 16.8 Å². The highest BCUT2D eigenvalue weighted by molar-refractivity contribution is 7.86. The van der Waals surface area contributed by atoms with Crippen LogP contribution in [0.4, 0.5) is 0 Å². The summed E-state index contributed by atoms with van der Waals surface area (Å²) in [5.74, 6) is -1.96. The number of aromatic hydroxyl groups is 2. The second-order valence-corrected chi connectivity index (χ2v) is 7.03. The first-order valence-electron chi connectivity index (χ1n) is 5.39. The average Bonchev–Trinajstić information content (AvgIpc) is 2.35. The van der Waals surface area contributed by atoms with Crippen LogP contribution in [0.5, 0.6) is 11.5 Å². The number of carbonyl (C=O) groups is 1. The van der Waals surface area contributed by atoms with Gasteiger partial charge in [0.15, 0.2) is 6.29 Å². The smallest absolute Gasteiger partial charge is 0.298 e. The Kier molecular flexibility index (Phi) is 3.61. The first kappa shape index (κ1) is 16.2. The maximum atomic E-state index is 11.2. The van der Waals surface area contributed by atoms with Crippen molar-refractivity contribution in [2.24, 2.45) is 0 Å². The maximum absolute atomic E-state index is 11.2. The third-order valence-electron chi connectivity index (χ3n) is 2.87. The van der Waals surface area contributed by atoms with Gasteiger partial charge in [-0.1, -0.05) is 0 Å². The molecule has 0 fully saturated rings. The molecule has 0 spiro atoms. The SMILES string of the molecule is O=Cc1c(O)c(S(=O)(=O)O)cc2cc(S(=O)(=O)O)c(O)cc12. The zero-order chi connectivity index (χ0) is 16.9. The molecule has 22 heavy (non-hydrogen) atoms. The molecule has 9 nitrogen and oxygen atoms in total. The number of carbonyl (C=O) groups excluding carboxylic acids is 1. The number of hydrogen-bond acceptors (Lipinski definition) is 7. The van der Waals surface area contributed by atoms with Gasteiger partial charge >= 0.3 is 0 Å². The van der Waals surface area contributed by atoms with Crippen LogP contribution < -0.4 is 0 Å². The first-order chi connectivity index (χ1) is 9.96. The molecule has 0 aliphatic rings. The van der Waals surface area contributed by atoms with Crippen LogP contribution >= 0.6 is 0 Å². The normalized spacial score (nSPS) is 12.5. The molecular formula is C11H8O9S2. The summed E-state index contributed by atoms with van der Waals surface area (Å²) < 4.78 is 62.6. The minimum atomic E-state index is -4.90. The van der Waals surface area contributed by atoms with E-state index < -0.39 is 47.1 Å². The molecule has 0 aliphatic heterocycles. The Balaban J connectivity index is 3.07. The Morgan fingerprint density at radius 1 is 0.864 bits per heavy atom. The number of hydrogen-bond donors (Lipinski definition) is 4. The van der Waals surface area contributed by atoms with Gasteiger partial charge in [-0.15, -0.1) is 0 Å². The number of phenols is 2. The summed E-state index contributed by atoms with van der Waals surface area (Å²) in [7, 11) is -9.72. The van der Waals surface area contributed by atoms with Gasteiger partial charge in [-0.05, 0) is 29.0 Å². The zero-order valence-corrected chi connectivity index (χ0v) is 12.1. The van der Waals surface area contributed by atoms with Crippen molar-refractivity contribution < 1.29 is 40.9 Å². The van der Waals surface area contributed by atoms with E-state index in [1.807, 2.05) is 0 Å². The molecule has 11 heteroatoms. The lowest BCUT2D eigenvalue weighted by Gasteiger charge is -2.10. The van der Waals surface area contributed by atoms with Crippen molar-refractivity contribution >= 4 is 37.3 Å². The summed E-state index contributed by atoms with van der Waals surface area (Å²) in [6, 6.07) is 2.15. The third kappa shape index (κ3) is 2.62. The van der Waals surface area contributed by atoms with E-state index in [2.05, 4.69) is 0 Å². The molecule has 0 saturated carbocycles. The lowest BCUT2D eigenvalue weighted by Crippen LogP contribution is -2.03. The van der Waals surface area contributed by atoms with Gasteiger partial charge in [-0.25, -0.2) is 0 Å². The molecule has 0 radical (unpaired) electrons. The van der Waals surface area contributed by atoms with Gasteiger partial charge in [0, 0.05) is 0 Å². The Bertz CT molecular complexity index is 999. The Morgan fingerprint density at radius 3 is 1.82 bits per heavy atom. The predicted octanol–water partition coefficient (Wildman–Crippen LogP) is 0.557. The van der Waals surface area contributed by atoms with E-state index in [9.17, 15) is 31.8 Å². The highest BCUT2D eigenvalue weighted by atomic mass is 32.2. The van der Waals surface area contributed by atoms with Gasteiger partial charge in [0.2, 0.25) is 0 Å². The number of phenolic OH excluding ortho intramolecular Hbond substituents is 2. The van der Waals surface area contributed by atoms with Gasteiger partial charge in [0.1, 0.15) is 21.3 Å². The molecule has 0 heterocycles. The van der Waals surface area contributed by atoms with Crippen molar-refractivity contribution in [2.45, 2.75) is 9.79 Å². The predicted molar refractivity (Wildman–Crippen MR) is 72.3 cm³/mol. The molecular weight excluding hydrogens is 340 g/mol. The molecule has 0 unspecified atom stereocenters. The molecule has 0 aliphatic carbocycles. The molecule has 0 saturated heterocycles. The standard InChI is InChI=1S/C11H8O9S2/c12-4-7-6-3-8(13)9(21(15,16)17)1-5(6)2-10(11(7)14)22(18,19)20/h1-4,13-14H,(H,15,16,17)(H,18,19,20). The summed E-state index contributed by atoms with van der Waals surface area (Å²) in [5.41, 5.74) is -0.581. The summed E-state index contributed by atoms with van der Waals surface area (Å²) in [6.45, 7) is 0. The van der Waals surface area contributed by atoms with Crippen molar-refractivity contribution in [1.82, 2.24) is 0 Å². The van der Waals surface area contributed by atoms with Crippen LogP contribution in [0.25, 0.3) is 10.8 Å². The molecule has 4 N–H and O–H groups in total. The monoisotopic (exact) mass is 348 g/mol. The second-order valence-electron chi connectivity index (χ2n) is 4.25. The Morgan fingerprint density at radius 2 is 1.36 bits per heavy atom. The van der Waals surface area contributed by atoms with E-state index in [1.165, 1.54) is 0 Å². The topological polar surface area (TPSA) is 166 Å². The van der Waals surface area contributed by atoms with Gasteiger partial charge in [0.25, 0.3) is 20.2 Å². The van der Waals surface area contributed by atoms with Crippen LogP contribution in [0.1, 0.15) is 10.4 Å². The quantitative estimate of drug-likeness (QED) is 0.457. The fourth-order valence-electron chi connectivity index (χ4n) is 1.93. The summed E-state index contributed by atoms with van der Waals surface area (Å²) in [6.07, 6.45) is 0.0684. The fraction of sp³-hybridized carbons (Fsp3) is 0. The van der Waals surface area contributed by atoms with E-state index in [0.29, 0.717) is 12.1 Å². The minimum Gasteiger partial charge on any atom is -0.506 e. The van der Waals surface area contributed by atoms with Crippen LogP contribution in [0.15, 0.2) is 28.0 Å². The highest BCUT2D eigenvalue weighted by Gasteiger charge is 2.24. The van der Waals surface area contributed by atoms with Crippen LogP contribution in [-0.2, 0) is 20.2 Å². The summed E-state index contributed by atoms with van der Waals surface area (Å²) >= 11 is 0. The lowest BCUT2D eigenvalue weighted by molar-refractivity contribution is 0.112. The van der Waals surface area contributed by atoms with Gasteiger partial charge in [0.05, 0.1) is 5.56 Å². The Hall–Kier alpha value is -2.21. The van der Waals surface area contributed by atoms with E-state index in [1.54, 1.807) is 0 Å². The highest BCUT2D eigenvalue weighted by Crippen LogP contribution is 2.37. The van der Waals surface area contributed by atoms with Crippen molar-refractivity contribution in [3.8, 4) is 11.5 Å². The third-order valence-corrected chi connectivity index (χ3v) is 4.62. The lowest BCUT2D eigenvalue weighted by atomic mass is 10.0. The molecule has 118 valence electrons. The van der Waals surface area contributed by atoms with Crippen molar-refractivity contribution in [3.63, 3.8) is 0 Å². The van der Waals surface area contributed by atoms with Crippen molar-refractivity contribution in [3.05, 3.63) is 23.8 Å². The number of fused-ring (bicyclic) bond motifs is 1. The van der Waals surface area contributed by atoms with E-state index in [-0.39, 0.29) is 17.1 Å². The molecule has 0 bridgehead atoms. The van der Waals surface area contributed by atoms with Crippen LogP contribution in [0.2, 0.25) is 0 Å². The van der Waals surface area contributed by atoms with E-state index >= 15 is 0 Å². The number of rotatable bonds is 3. The average molecular weight is 348 g/mol. The fourth-order valence-corrected chi connectivity index (χ4v) is 3.16. The van der Waals surface area contributed by atoms with Crippen LogP contribution in [-0.4, -0.2) is 42.4 Å². The second kappa shape index (κ2) is 4.91. The van der Waals surface area contributed by atoms with Gasteiger partial charge < -0.3 is 10.2 Å². The maximum Gasteiger partial charge on any atom is 0.298 e. The van der Waals surface area contributed by atoms with Crippen molar-refractivity contribution in [1.29, 1.82) is 0 Å². The first-order valence-corrected chi connectivity index (χ1v) is 8.27. The molecule has 2 aromatic rings.